The normalized spacial score (nSPS) is 11.7. The molecule has 0 radical (unpaired) electrons. The SMILES string of the molecule is COc1cc[nH]c1/C=C(\C)c1c(NC=O)ccc2[nH]c(C)nc12. The van der Waals surface area contributed by atoms with E-state index in [1.807, 2.05) is 44.3 Å². The number of nitrogens with one attached hydrogen (secondary N) is 3. The molecule has 23 heavy (non-hydrogen) atoms. The zero-order valence-corrected chi connectivity index (χ0v) is 13.2. The summed E-state index contributed by atoms with van der Waals surface area (Å²) in [6, 6.07) is 5.64. The second-order valence-corrected chi connectivity index (χ2v) is 5.26. The van der Waals surface area contributed by atoms with Crippen LogP contribution >= 0.6 is 0 Å². The molecule has 0 aliphatic heterocycles. The van der Waals surface area contributed by atoms with E-state index in [-0.39, 0.29) is 0 Å². The van der Waals surface area contributed by atoms with E-state index in [9.17, 15) is 4.79 Å². The van der Waals surface area contributed by atoms with E-state index in [1.54, 1.807) is 7.11 Å². The first-order chi connectivity index (χ1) is 11.1. The second-order valence-electron chi connectivity index (χ2n) is 5.26. The van der Waals surface area contributed by atoms with Crippen LogP contribution < -0.4 is 10.1 Å². The van der Waals surface area contributed by atoms with Gasteiger partial charge < -0.3 is 20.0 Å². The molecule has 0 spiro atoms. The predicted molar refractivity (Wildman–Crippen MR) is 91.4 cm³/mol. The van der Waals surface area contributed by atoms with Gasteiger partial charge in [-0.1, -0.05) is 0 Å². The molecule has 0 bridgehead atoms. The van der Waals surface area contributed by atoms with Crippen molar-refractivity contribution in [2.24, 2.45) is 0 Å². The maximum absolute atomic E-state index is 10.9. The highest BCUT2D eigenvalue weighted by atomic mass is 16.5. The summed E-state index contributed by atoms with van der Waals surface area (Å²) >= 11 is 0. The summed E-state index contributed by atoms with van der Waals surface area (Å²) < 4.78 is 5.32. The zero-order valence-electron chi connectivity index (χ0n) is 13.2. The standard InChI is InChI=1S/C17H18N4O2/c1-10(8-14-15(23-3)6-7-18-14)16-12(19-9-22)4-5-13-17(16)21-11(2)20-13/h4-9,18H,1-3H3,(H,19,22)(H,20,21)/b10-8+. The number of aromatic nitrogens is 3. The van der Waals surface area contributed by atoms with Crippen molar-refractivity contribution in [1.29, 1.82) is 0 Å². The molecule has 1 aromatic carbocycles. The molecular weight excluding hydrogens is 292 g/mol. The van der Waals surface area contributed by atoms with Crippen LogP contribution in [0.4, 0.5) is 5.69 Å². The Morgan fingerprint density at radius 1 is 1.35 bits per heavy atom. The number of fused-ring (bicyclic) bond motifs is 1. The van der Waals surface area contributed by atoms with Crippen LogP contribution in [0, 0.1) is 6.92 Å². The van der Waals surface area contributed by atoms with Crippen LogP contribution in [0.1, 0.15) is 24.0 Å². The Balaban J connectivity index is 2.19. The van der Waals surface area contributed by atoms with Gasteiger partial charge in [0.15, 0.2) is 0 Å². The van der Waals surface area contributed by atoms with E-state index in [0.29, 0.717) is 6.41 Å². The molecule has 6 heteroatoms. The second kappa shape index (κ2) is 6.00. The number of nitrogens with zero attached hydrogens (tertiary/aromatic N) is 1. The Kier molecular flexibility index (Phi) is 3.89. The average Bonchev–Trinajstić information content (AvgIpc) is 3.12. The molecule has 1 amide bonds. The summed E-state index contributed by atoms with van der Waals surface area (Å²) in [6.45, 7) is 3.89. The molecule has 3 aromatic rings. The van der Waals surface area contributed by atoms with E-state index in [4.69, 9.17) is 4.74 Å². The number of methoxy groups -OCH3 is 1. The Hall–Kier alpha value is -3.02. The molecule has 0 aliphatic rings. The fraction of sp³-hybridized carbons (Fsp3) is 0.176. The fourth-order valence-corrected chi connectivity index (χ4v) is 2.73. The molecule has 0 aliphatic carbocycles. The molecule has 3 N–H and O–H groups in total. The third-order valence-corrected chi connectivity index (χ3v) is 3.70. The molecule has 6 nitrogen and oxygen atoms in total. The topological polar surface area (TPSA) is 82.8 Å². The van der Waals surface area contributed by atoms with Gasteiger partial charge in [-0.05, 0) is 43.7 Å². The summed E-state index contributed by atoms with van der Waals surface area (Å²) in [5.74, 6) is 1.59. The highest BCUT2D eigenvalue weighted by Gasteiger charge is 2.13. The number of ether oxygens (including phenoxy) is 1. The van der Waals surface area contributed by atoms with Crippen molar-refractivity contribution in [1.82, 2.24) is 15.0 Å². The Morgan fingerprint density at radius 3 is 2.91 bits per heavy atom. The third-order valence-electron chi connectivity index (χ3n) is 3.70. The van der Waals surface area contributed by atoms with Gasteiger partial charge in [-0.2, -0.15) is 0 Å². The Bertz CT molecular complexity index is 889. The molecule has 0 saturated carbocycles. The van der Waals surface area contributed by atoms with Gasteiger partial charge in [0.2, 0.25) is 6.41 Å². The van der Waals surface area contributed by atoms with Crippen LogP contribution in [0.25, 0.3) is 22.7 Å². The van der Waals surface area contributed by atoms with Crippen LogP contribution in [0.15, 0.2) is 24.4 Å². The first-order valence-electron chi connectivity index (χ1n) is 7.23. The lowest BCUT2D eigenvalue weighted by Gasteiger charge is -2.10. The predicted octanol–water partition coefficient (Wildman–Crippen LogP) is 3.34. The number of carbonyl (C=O) groups is 1. The first kappa shape index (κ1) is 14.9. The quantitative estimate of drug-likeness (QED) is 0.632. The number of carbonyl (C=O) groups excluding carboxylic acids is 1. The number of imidazole rings is 1. The van der Waals surface area contributed by atoms with Gasteiger partial charge in [0.25, 0.3) is 0 Å². The lowest BCUT2D eigenvalue weighted by molar-refractivity contribution is -0.105. The number of amides is 1. The Morgan fingerprint density at radius 2 is 2.17 bits per heavy atom. The van der Waals surface area contributed by atoms with E-state index >= 15 is 0 Å². The number of benzene rings is 1. The molecule has 2 aromatic heterocycles. The van der Waals surface area contributed by atoms with Gasteiger partial charge in [0.05, 0.1) is 29.5 Å². The van der Waals surface area contributed by atoms with Gasteiger partial charge in [-0.3, -0.25) is 4.79 Å². The lowest BCUT2D eigenvalue weighted by Crippen LogP contribution is -1.99. The van der Waals surface area contributed by atoms with Crippen LogP contribution in [-0.4, -0.2) is 28.5 Å². The first-order valence-corrected chi connectivity index (χ1v) is 7.23. The van der Waals surface area contributed by atoms with Crippen molar-refractivity contribution in [3.8, 4) is 5.75 Å². The zero-order chi connectivity index (χ0) is 16.4. The highest BCUT2D eigenvalue weighted by molar-refractivity contribution is 6.00. The molecule has 0 saturated heterocycles. The number of H-pyrrole nitrogens is 2. The number of allylic oxidation sites excluding steroid dienone is 1. The van der Waals surface area contributed by atoms with Crippen LogP contribution in [0.5, 0.6) is 5.75 Å². The Labute approximate surface area is 133 Å². The van der Waals surface area contributed by atoms with Gasteiger partial charge in [0.1, 0.15) is 11.6 Å². The van der Waals surface area contributed by atoms with Crippen molar-refractivity contribution in [3.05, 3.63) is 41.5 Å². The molecule has 0 unspecified atom stereocenters. The number of hydrogen-bond acceptors (Lipinski definition) is 3. The van der Waals surface area contributed by atoms with E-state index in [1.165, 1.54) is 0 Å². The summed E-state index contributed by atoms with van der Waals surface area (Å²) in [5.41, 5.74) is 5.20. The van der Waals surface area contributed by atoms with Crippen LogP contribution in [0.3, 0.4) is 0 Å². The van der Waals surface area contributed by atoms with Crippen molar-refractivity contribution in [2.45, 2.75) is 13.8 Å². The van der Waals surface area contributed by atoms with Crippen molar-refractivity contribution >= 4 is 34.8 Å². The minimum absolute atomic E-state index is 0.673. The summed E-state index contributed by atoms with van der Waals surface area (Å²) in [6.07, 6.45) is 4.47. The maximum atomic E-state index is 10.9. The van der Waals surface area contributed by atoms with Crippen molar-refractivity contribution < 1.29 is 9.53 Å². The molecule has 118 valence electrons. The van der Waals surface area contributed by atoms with E-state index in [0.717, 1.165) is 45.1 Å². The largest absolute Gasteiger partial charge is 0.495 e. The lowest BCUT2D eigenvalue weighted by atomic mass is 10.0. The smallest absolute Gasteiger partial charge is 0.211 e. The van der Waals surface area contributed by atoms with Crippen molar-refractivity contribution in [3.63, 3.8) is 0 Å². The summed E-state index contributed by atoms with van der Waals surface area (Å²) in [4.78, 5) is 21.8. The minimum atomic E-state index is 0.673. The number of hydrogen-bond donors (Lipinski definition) is 3. The van der Waals surface area contributed by atoms with Crippen molar-refractivity contribution in [2.75, 3.05) is 12.4 Å². The molecule has 2 heterocycles. The number of rotatable bonds is 5. The van der Waals surface area contributed by atoms with Gasteiger partial charge in [-0.15, -0.1) is 0 Å². The number of anilines is 1. The van der Waals surface area contributed by atoms with Gasteiger partial charge in [-0.25, -0.2) is 4.98 Å². The van der Waals surface area contributed by atoms with E-state index < -0.39 is 0 Å². The van der Waals surface area contributed by atoms with Gasteiger partial charge >= 0.3 is 0 Å². The maximum Gasteiger partial charge on any atom is 0.211 e. The molecule has 0 atom stereocenters. The fourth-order valence-electron chi connectivity index (χ4n) is 2.73. The number of aryl methyl sites for hydroxylation is 1. The van der Waals surface area contributed by atoms with Crippen LogP contribution in [-0.2, 0) is 4.79 Å². The number of aromatic amines is 2. The van der Waals surface area contributed by atoms with E-state index in [2.05, 4.69) is 20.3 Å². The highest BCUT2D eigenvalue weighted by Crippen LogP contribution is 2.33. The molecule has 3 rings (SSSR count). The molecular formula is C17H18N4O2. The average molecular weight is 310 g/mol. The van der Waals surface area contributed by atoms with Gasteiger partial charge in [0, 0.05) is 11.8 Å². The molecule has 0 fully saturated rings. The van der Waals surface area contributed by atoms with Crippen LogP contribution in [0.2, 0.25) is 0 Å². The minimum Gasteiger partial charge on any atom is -0.495 e. The third kappa shape index (κ3) is 2.70. The summed E-state index contributed by atoms with van der Waals surface area (Å²) in [5, 5.41) is 2.75. The monoisotopic (exact) mass is 310 g/mol. The summed E-state index contributed by atoms with van der Waals surface area (Å²) in [7, 11) is 1.63.